The Balaban J connectivity index is 2.48. The maximum Gasteiger partial charge on any atom is 0.267 e. The molecule has 0 saturated carbocycles. The molecular formula is C16H16ClNO3S. The van der Waals surface area contributed by atoms with Crippen molar-refractivity contribution in [1.82, 2.24) is 4.31 Å². The summed E-state index contributed by atoms with van der Waals surface area (Å²) >= 11 is 5.79. The number of amides is 1. The molecule has 0 aliphatic carbocycles. The number of carbonyl (C=O) groups is 1. The average molecular weight is 338 g/mol. The highest BCUT2D eigenvalue weighted by molar-refractivity contribution is 7.89. The van der Waals surface area contributed by atoms with Crippen LogP contribution < -0.4 is 0 Å². The third-order valence-corrected chi connectivity index (χ3v) is 5.29. The van der Waals surface area contributed by atoms with Gasteiger partial charge in [-0.15, -0.1) is 0 Å². The second-order valence-corrected chi connectivity index (χ2v) is 7.27. The zero-order valence-electron chi connectivity index (χ0n) is 12.2. The third-order valence-electron chi connectivity index (χ3n) is 3.06. The van der Waals surface area contributed by atoms with E-state index in [0.29, 0.717) is 10.6 Å². The van der Waals surface area contributed by atoms with Crippen LogP contribution >= 0.6 is 11.6 Å². The fourth-order valence-electron chi connectivity index (χ4n) is 2.05. The molecule has 0 radical (unpaired) electrons. The lowest BCUT2D eigenvalue weighted by molar-refractivity contribution is 0.0835. The van der Waals surface area contributed by atoms with E-state index in [-0.39, 0.29) is 4.90 Å². The first-order valence-electron chi connectivity index (χ1n) is 6.73. The van der Waals surface area contributed by atoms with Crippen molar-refractivity contribution in [2.75, 3.05) is 0 Å². The van der Waals surface area contributed by atoms with Gasteiger partial charge in [0.25, 0.3) is 15.9 Å². The van der Waals surface area contributed by atoms with Crippen LogP contribution in [0.25, 0.3) is 0 Å². The van der Waals surface area contributed by atoms with E-state index in [4.69, 9.17) is 11.6 Å². The lowest BCUT2D eigenvalue weighted by atomic mass is 10.2. The average Bonchev–Trinajstić information content (AvgIpc) is 2.48. The Morgan fingerprint density at radius 3 is 2.05 bits per heavy atom. The van der Waals surface area contributed by atoms with Gasteiger partial charge in [0, 0.05) is 16.6 Å². The summed E-state index contributed by atoms with van der Waals surface area (Å²) in [6.45, 7) is 3.32. The van der Waals surface area contributed by atoms with Crippen LogP contribution in [0.4, 0.5) is 0 Å². The van der Waals surface area contributed by atoms with Crippen molar-refractivity contribution in [3.8, 4) is 0 Å². The van der Waals surface area contributed by atoms with Crippen LogP contribution in [-0.4, -0.2) is 24.7 Å². The van der Waals surface area contributed by atoms with Crippen molar-refractivity contribution in [2.45, 2.75) is 24.8 Å². The van der Waals surface area contributed by atoms with Crippen molar-refractivity contribution in [3.05, 3.63) is 65.2 Å². The zero-order valence-corrected chi connectivity index (χ0v) is 13.8. The first-order valence-corrected chi connectivity index (χ1v) is 8.55. The van der Waals surface area contributed by atoms with Gasteiger partial charge in [0.05, 0.1) is 4.90 Å². The number of sulfonamides is 1. The predicted molar refractivity (Wildman–Crippen MR) is 86.4 cm³/mol. The fraction of sp³-hybridized carbons (Fsp3) is 0.188. The minimum atomic E-state index is -3.94. The first-order chi connectivity index (χ1) is 10.3. The molecule has 116 valence electrons. The zero-order chi connectivity index (χ0) is 16.3. The summed E-state index contributed by atoms with van der Waals surface area (Å²) in [5.41, 5.74) is 0.328. The normalized spacial score (nSPS) is 11.5. The maximum atomic E-state index is 12.8. The highest BCUT2D eigenvalue weighted by Gasteiger charge is 2.32. The Morgan fingerprint density at radius 2 is 1.55 bits per heavy atom. The van der Waals surface area contributed by atoms with Crippen molar-refractivity contribution in [2.24, 2.45) is 0 Å². The molecule has 1 amide bonds. The molecule has 2 aromatic rings. The SMILES string of the molecule is CC(C)N(C(=O)c1ccccc1)S(=O)(=O)c1ccc(Cl)cc1. The smallest absolute Gasteiger partial charge is 0.267 e. The van der Waals surface area contributed by atoms with E-state index in [1.807, 2.05) is 0 Å². The van der Waals surface area contributed by atoms with Gasteiger partial charge < -0.3 is 0 Å². The minimum Gasteiger partial charge on any atom is -0.268 e. The number of halogens is 1. The van der Waals surface area contributed by atoms with E-state index in [0.717, 1.165) is 4.31 Å². The number of benzene rings is 2. The Bertz CT molecular complexity index is 756. The number of nitrogens with zero attached hydrogens (tertiary/aromatic N) is 1. The summed E-state index contributed by atoms with van der Waals surface area (Å²) in [4.78, 5) is 12.6. The molecular weight excluding hydrogens is 322 g/mol. The highest BCUT2D eigenvalue weighted by Crippen LogP contribution is 2.22. The lowest BCUT2D eigenvalue weighted by Crippen LogP contribution is -2.41. The number of hydrogen-bond acceptors (Lipinski definition) is 3. The molecule has 0 saturated heterocycles. The topological polar surface area (TPSA) is 54.5 Å². The summed E-state index contributed by atoms with van der Waals surface area (Å²) in [6.07, 6.45) is 0. The van der Waals surface area contributed by atoms with Gasteiger partial charge in [-0.25, -0.2) is 12.7 Å². The second kappa shape index (κ2) is 6.50. The van der Waals surface area contributed by atoms with Crippen LogP contribution in [0.3, 0.4) is 0 Å². The Labute approximate surface area is 135 Å². The molecule has 22 heavy (non-hydrogen) atoms. The molecule has 0 spiro atoms. The largest absolute Gasteiger partial charge is 0.268 e. The van der Waals surface area contributed by atoms with E-state index in [1.54, 1.807) is 44.2 Å². The van der Waals surface area contributed by atoms with Gasteiger partial charge in [0.15, 0.2) is 0 Å². The van der Waals surface area contributed by atoms with Crippen LogP contribution in [0.1, 0.15) is 24.2 Å². The van der Waals surface area contributed by atoms with E-state index < -0.39 is 22.0 Å². The number of hydrogen-bond donors (Lipinski definition) is 0. The summed E-state index contributed by atoms with van der Waals surface area (Å²) < 4.78 is 26.4. The third kappa shape index (κ3) is 3.31. The maximum absolute atomic E-state index is 12.8. The van der Waals surface area contributed by atoms with E-state index in [1.165, 1.54) is 24.3 Å². The molecule has 2 rings (SSSR count). The molecule has 0 atom stereocenters. The summed E-state index contributed by atoms with van der Waals surface area (Å²) in [5, 5.41) is 0.435. The van der Waals surface area contributed by atoms with Crippen LogP contribution in [0.5, 0.6) is 0 Å². The van der Waals surface area contributed by atoms with Crippen LogP contribution in [0, 0.1) is 0 Å². The molecule has 0 unspecified atom stereocenters. The molecule has 0 bridgehead atoms. The molecule has 0 aliphatic heterocycles. The highest BCUT2D eigenvalue weighted by atomic mass is 35.5. The molecule has 0 fully saturated rings. The van der Waals surface area contributed by atoms with Gasteiger partial charge in [-0.05, 0) is 50.2 Å². The van der Waals surface area contributed by atoms with Gasteiger partial charge in [-0.3, -0.25) is 4.79 Å². The van der Waals surface area contributed by atoms with Gasteiger partial charge in [0.1, 0.15) is 0 Å². The quantitative estimate of drug-likeness (QED) is 0.856. The van der Waals surface area contributed by atoms with Crippen LogP contribution in [-0.2, 0) is 10.0 Å². The first kappa shape index (κ1) is 16.5. The predicted octanol–water partition coefficient (Wildman–Crippen LogP) is 3.58. The van der Waals surface area contributed by atoms with Crippen LogP contribution in [0.15, 0.2) is 59.5 Å². The van der Waals surface area contributed by atoms with Gasteiger partial charge in [-0.2, -0.15) is 0 Å². The molecule has 6 heteroatoms. The molecule has 2 aromatic carbocycles. The Hall–Kier alpha value is -1.85. The molecule has 0 heterocycles. The Morgan fingerprint density at radius 1 is 1.00 bits per heavy atom. The fourth-order valence-corrected chi connectivity index (χ4v) is 3.76. The molecule has 0 aromatic heterocycles. The standard InChI is InChI=1S/C16H16ClNO3S/c1-12(2)18(16(19)13-6-4-3-5-7-13)22(20,21)15-10-8-14(17)9-11-15/h3-12H,1-2H3. The molecule has 0 N–H and O–H groups in total. The van der Waals surface area contributed by atoms with Crippen LogP contribution in [0.2, 0.25) is 5.02 Å². The second-order valence-electron chi connectivity index (χ2n) is 5.02. The van der Waals surface area contributed by atoms with Gasteiger partial charge in [0.2, 0.25) is 0 Å². The number of rotatable bonds is 4. The van der Waals surface area contributed by atoms with Crippen molar-refractivity contribution >= 4 is 27.5 Å². The van der Waals surface area contributed by atoms with Crippen molar-refractivity contribution in [3.63, 3.8) is 0 Å². The molecule has 0 aliphatic rings. The monoisotopic (exact) mass is 337 g/mol. The summed E-state index contributed by atoms with van der Waals surface area (Å²) in [5.74, 6) is -0.550. The summed E-state index contributed by atoms with van der Waals surface area (Å²) in [6, 6.07) is 13.6. The van der Waals surface area contributed by atoms with Gasteiger partial charge in [-0.1, -0.05) is 29.8 Å². The minimum absolute atomic E-state index is 0.0369. The Kier molecular flexibility index (Phi) is 4.88. The molecule has 4 nitrogen and oxygen atoms in total. The van der Waals surface area contributed by atoms with Crippen molar-refractivity contribution in [1.29, 1.82) is 0 Å². The number of carbonyl (C=O) groups excluding carboxylic acids is 1. The van der Waals surface area contributed by atoms with E-state index in [9.17, 15) is 13.2 Å². The summed E-state index contributed by atoms with van der Waals surface area (Å²) in [7, 11) is -3.94. The van der Waals surface area contributed by atoms with Crippen molar-refractivity contribution < 1.29 is 13.2 Å². The lowest BCUT2D eigenvalue weighted by Gasteiger charge is -2.26. The van der Waals surface area contributed by atoms with Gasteiger partial charge >= 0.3 is 0 Å². The van der Waals surface area contributed by atoms with E-state index in [2.05, 4.69) is 0 Å². The van der Waals surface area contributed by atoms with E-state index >= 15 is 0 Å².